The summed E-state index contributed by atoms with van der Waals surface area (Å²) in [5, 5.41) is 19.3. The van der Waals surface area contributed by atoms with E-state index in [9.17, 15) is 38.4 Å². The summed E-state index contributed by atoms with van der Waals surface area (Å²) in [6, 6.07) is 13.2. The van der Waals surface area contributed by atoms with Crippen molar-refractivity contribution in [2.45, 2.75) is 101 Å². The van der Waals surface area contributed by atoms with E-state index < -0.39 is 71.4 Å². The van der Waals surface area contributed by atoms with E-state index in [1.807, 2.05) is 0 Å². The van der Waals surface area contributed by atoms with Gasteiger partial charge in [0.05, 0.1) is 56.9 Å². The van der Waals surface area contributed by atoms with E-state index in [2.05, 4.69) is 37.2 Å². The molecule has 25 heteroatoms. The fraction of sp³-hybridized carbons (Fsp3) is 0.429. The first kappa shape index (κ1) is 65.2. The number of primary amides is 1. The van der Waals surface area contributed by atoms with Gasteiger partial charge in [-0.05, 0) is 170 Å². The largest absolute Gasteiger partial charge is 0.496 e. The van der Waals surface area contributed by atoms with Gasteiger partial charge >= 0.3 is 0 Å². The summed E-state index contributed by atoms with van der Waals surface area (Å²) >= 11 is 0. The van der Waals surface area contributed by atoms with Crippen LogP contribution in [-0.4, -0.2) is 126 Å². The molecule has 0 aliphatic rings. The van der Waals surface area contributed by atoms with Gasteiger partial charge in [0.1, 0.15) is 41.1 Å². The van der Waals surface area contributed by atoms with Gasteiger partial charge < -0.3 is 90.6 Å². The summed E-state index contributed by atoms with van der Waals surface area (Å²) < 4.78 is 21.7. The van der Waals surface area contributed by atoms with E-state index in [0.717, 1.165) is 0 Å². The number of rotatable bonds is 35. The maximum atomic E-state index is 14.2. The van der Waals surface area contributed by atoms with Crippen molar-refractivity contribution in [3.05, 3.63) is 95.1 Å². The first-order valence-corrected chi connectivity index (χ1v) is 26.7. The second-order valence-corrected chi connectivity index (χ2v) is 18.8. The van der Waals surface area contributed by atoms with E-state index in [1.54, 1.807) is 0 Å². The minimum absolute atomic E-state index is 0.0348. The summed E-state index contributed by atoms with van der Waals surface area (Å²) in [5.74, 6) is -4.50. The molecule has 19 N–H and O–H groups in total. The normalized spacial score (nSPS) is 12.3. The van der Waals surface area contributed by atoms with E-state index >= 15 is 0 Å². The van der Waals surface area contributed by atoms with Crippen molar-refractivity contribution in [2.75, 3.05) is 75.9 Å². The minimum atomic E-state index is -1.16. The first-order chi connectivity index (χ1) is 38.9. The topological polar surface area (TPSA) is 414 Å². The maximum Gasteiger partial charge on any atom is 0.255 e. The molecule has 0 aliphatic carbocycles. The van der Waals surface area contributed by atoms with Gasteiger partial charge in [0, 0.05) is 22.6 Å². The quantitative estimate of drug-likeness (QED) is 0.0295. The van der Waals surface area contributed by atoms with Crippen molar-refractivity contribution in [3.8, 4) is 23.0 Å². The Labute approximate surface area is 471 Å². The van der Waals surface area contributed by atoms with Crippen LogP contribution < -0.4 is 90.6 Å². The molecular formula is C56H79N13O12. The lowest BCUT2D eigenvalue weighted by Crippen LogP contribution is -2.44. The van der Waals surface area contributed by atoms with Crippen LogP contribution in [0.2, 0.25) is 0 Å². The average molecular weight is 1130 g/mol. The molecule has 8 amide bonds. The van der Waals surface area contributed by atoms with Crippen LogP contribution in [0.4, 0.5) is 22.7 Å². The van der Waals surface area contributed by atoms with Gasteiger partial charge in [-0.2, -0.15) is 0 Å². The molecule has 0 heterocycles. The van der Waals surface area contributed by atoms with Gasteiger partial charge in [0.15, 0.2) is 0 Å². The minimum Gasteiger partial charge on any atom is -0.496 e. The highest BCUT2D eigenvalue weighted by Crippen LogP contribution is 2.29. The number of amides is 8. The maximum absolute atomic E-state index is 14.2. The van der Waals surface area contributed by atoms with Crippen molar-refractivity contribution in [3.63, 3.8) is 0 Å². The van der Waals surface area contributed by atoms with Crippen molar-refractivity contribution >= 4 is 70.0 Å². The van der Waals surface area contributed by atoms with Crippen molar-refractivity contribution in [2.24, 2.45) is 34.4 Å². The standard InChI is InChI=1S/C56H79N13O12/c1-78-45-22-18-34(30-37(45)49(62)70)63-55(76)42(15-7-11-27-59)67-51(72)39-32-36(20-24-47(39)80-3)65-56(77)43(16-8-12-28-60)68-52(73)38-31-35(19-23-46(38)79-2)64-54(75)41(14-6-10-26-58)66-50(71)33-17-21-48(81-4)44(29-33)69-53(74)40(61)13-5-9-25-57/h17-24,29-32,40-43H,5-16,25-28,57-61H2,1-4H3,(H2,62,70)(H,63,76)(H,64,75)(H,65,77)(H,66,71)(H,67,72)(H,68,73)(H,69,74). The Bertz CT molecular complexity index is 2800. The highest BCUT2D eigenvalue weighted by Gasteiger charge is 2.28. The van der Waals surface area contributed by atoms with Crippen LogP contribution in [0.3, 0.4) is 0 Å². The van der Waals surface area contributed by atoms with Gasteiger partial charge in [0.25, 0.3) is 23.6 Å². The predicted octanol–water partition coefficient (Wildman–Crippen LogP) is 2.81. The third kappa shape index (κ3) is 20.0. The van der Waals surface area contributed by atoms with Gasteiger partial charge in [0.2, 0.25) is 23.6 Å². The molecule has 4 aromatic rings. The molecule has 4 atom stereocenters. The molecular weight excluding hydrogens is 1050 g/mol. The number of carbonyl (C=O) groups is 8. The molecule has 4 unspecified atom stereocenters. The molecule has 0 saturated heterocycles. The van der Waals surface area contributed by atoms with Gasteiger partial charge in [-0.3, -0.25) is 38.4 Å². The van der Waals surface area contributed by atoms with E-state index in [0.29, 0.717) is 84.0 Å². The van der Waals surface area contributed by atoms with Crippen LogP contribution in [0.1, 0.15) is 118 Å². The summed E-state index contributed by atoms with van der Waals surface area (Å²) in [6.07, 6.45) is 5.28. The number of methoxy groups -OCH3 is 4. The van der Waals surface area contributed by atoms with Gasteiger partial charge in [-0.25, -0.2) is 0 Å². The number of unbranched alkanes of at least 4 members (excludes halogenated alkanes) is 4. The zero-order valence-electron chi connectivity index (χ0n) is 46.4. The number of anilines is 4. The SMILES string of the molecule is COc1ccc(C(=O)NC(CCCCN)C(=O)Nc2ccc(OC)c(C(=O)NC(CCCCN)C(=O)Nc3ccc(OC)c(C(=O)NC(CCCCN)C(=O)Nc4ccc(OC)c(C(N)=O)c4)c3)c2)cc1NC(=O)C(N)CCCCN. The second-order valence-electron chi connectivity index (χ2n) is 18.8. The van der Waals surface area contributed by atoms with Gasteiger partial charge in [-0.15, -0.1) is 0 Å². The summed E-state index contributed by atoms with van der Waals surface area (Å²) in [7, 11) is 5.48. The molecule has 0 saturated carbocycles. The van der Waals surface area contributed by atoms with Crippen LogP contribution >= 0.6 is 0 Å². The molecule has 4 aromatic carbocycles. The molecule has 25 nitrogen and oxygen atoms in total. The Morgan fingerprint density at radius 3 is 1.12 bits per heavy atom. The Morgan fingerprint density at radius 2 is 0.753 bits per heavy atom. The number of hydrogen-bond acceptors (Lipinski definition) is 17. The lowest BCUT2D eigenvalue weighted by molar-refractivity contribution is -0.118. The van der Waals surface area contributed by atoms with E-state index in [-0.39, 0.29) is 87.3 Å². The average Bonchev–Trinajstić information content (AvgIpc) is 3.48. The Morgan fingerprint density at radius 1 is 0.407 bits per heavy atom. The molecule has 0 aromatic heterocycles. The van der Waals surface area contributed by atoms with Crippen molar-refractivity contribution in [1.82, 2.24) is 16.0 Å². The fourth-order valence-corrected chi connectivity index (χ4v) is 8.40. The highest BCUT2D eigenvalue weighted by molar-refractivity contribution is 6.07. The molecule has 81 heavy (non-hydrogen) atoms. The molecule has 0 bridgehead atoms. The third-order valence-corrected chi connectivity index (χ3v) is 12.9. The van der Waals surface area contributed by atoms with Crippen LogP contribution in [0.15, 0.2) is 72.8 Å². The highest BCUT2D eigenvalue weighted by atomic mass is 16.5. The smallest absolute Gasteiger partial charge is 0.255 e. The zero-order chi connectivity index (χ0) is 59.4. The number of ether oxygens (including phenoxy) is 4. The monoisotopic (exact) mass is 1130 g/mol. The van der Waals surface area contributed by atoms with Crippen molar-refractivity contribution in [1.29, 1.82) is 0 Å². The molecule has 4 rings (SSSR count). The number of nitrogens with two attached hydrogens (primary N) is 6. The second kappa shape index (κ2) is 33.9. The number of carbonyl (C=O) groups excluding carboxylic acids is 8. The van der Waals surface area contributed by atoms with Gasteiger partial charge in [-0.1, -0.05) is 6.42 Å². The lowest BCUT2D eigenvalue weighted by Gasteiger charge is -2.22. The number of hydrogen-bond donors (Lipinski definition) is 13. The Kier molecular flexibility index (Phi) is 27.3. The lowest BCUT2D eigenvalue weighted by atomic mass is 10.1. The zero-order valence-corrected chi connectivity index (χ0v) is 46.4. The summed E-state index contributed by atoms with van der Waals surface area (Å²) in [5.41, 5.74) is 35.3. The van der Waals surface area contributed by atoms with Crippen LogP contribution in [0.25, 0.3) is 0 Å². The summed E-state index contributed by atoms with van der Waals surface area (Å²) in [6.45, 7) is 1.47. The molecule has 0 aliphatic heterocycles. The van der Waals surface area contributed by atoms with Crippen LogP contribution in [0, 0.1) is 0 Å². The summed E-state index contributed by atoms with van der Waals surface area (Å²) in [4.78, 5) is 109. The first-order valence-electron chi connectivity index (χ1n) is 26.7. The Hall–Kier alpha value is -8.36. The molecule has 440 valence electrons. The molecule has 0 spiro atoms. The van der Waals surface area contributed by atoms with Crippen LogP contribution in [0.5, 0.6) is 23.0 Å². The van der Waals surface area contributed by atoms with Crippen LogP contribution in [-0.2, 0) is 19.2 Å². The van der Waals surface area contributed by atoms with Crippen molar-refractivity contribution < 1.29 is 57.3 Å². The van der Waals surface area contributed by atoms with E-state index in [1.165, 1.54) is 101 Å². The number of benzene rings is 4. The Balaban J connectivity index is 1.54. The van der Waals surface area contributed by atoms with E-state index in [4.69, 9.17) is 53.3 Å². The molecule has 0 radical (unpaired) electrons. The fourth-order valence-electron chi connectivity index (χ4n) is 8.40. The predicted molar refractivity (Wildman–Crippen MR) is 308 cm³/mol. The third-order valence-electron chi connectivity index (χ3n) is 12.9. The molecule has 0 fully saturated rings. The number of nitrogens with one attached hydrogen (secondary N) is 7.